The van der Waals surface area contributed by atoms with Crippen molar-refractivity contribution in [3.05, 3.63) is 12.4 Å². The Morgan fingerprint density at radius 3 is 3.12 bits per heavy atom. The molecule has 0 amide bonds. The predicted molar refractivity (Wildman–Crippen MR) is 71.1 cm³/mol. The third-order valence-electron chi connectivity index (χ3n) is 3.20. The highest BCUT2D eigenvalue weighted by atomic mass is 32.2. The van der Waals surface area contributed by atoms with Crippen molar-refractivity contribution in [2.75, 3.05) is 11.1 Å². The van der Waals surface area contributed by atoms with Gasteiger partial charge in [0, 0.05) is 30.2 Å². The zero-order chi connectivity index (χ0) is 11.4. The van der Waals surface area contributed by atoms with Gasteiger partial charge in [-0.3, -0.25) is 0 Å². The Bertz CT molecular complexity index is 324. The Morgan fingerprint density at radius 2 is 2.38 bits per heavy atom. The van der Waals surface area contributed by atoms with Crippen LogP contribution in [0.2, 0.25) is 0 Å². The van der Waals surface area contributed by atoms with E-state index in [0.29, 0.717) is 6.04 Å². The molecule has 0 spiro atoms. The fraction of sp³-hybridized carbons (Fsp3) is 0.750. The number of anilines is 1. The molecule has 1 fully saturated rings. The summed E-state index contributed by atoms with van der Waals surface area (Å²) in [6.07, 6.45) is 7.90. The van der Waals surface area contributed by atoms with Gasteiger partial charge in [-0.2, -0.15) is 11.8 Å². The first kappa shape index (κ1) is 11.8. The van der Waals surface area contributed by atoms with E-state index >= 15 is 0 Å². The van der Waals surface area contributed by atoms with Crippen molar-refractivity contribution in [3.63, 3.8) is 0 Å². The number of aryl methyl sites for hydroxylation is 1. The smallest absolute Gasteiger partial charge is 0.203 e. The number of nitrogens with zero attached hydrogens (tertiary/aromatic N) is 2. The van der Waals surface area contributed by atoms with Gasteiger partial charge in [-0.15, -0.1) is 0 Å². The summed E-state index contributed by atoms with van der Waals surface area (Å²) in [6, 6.07) is 0.609. The van der Waals surface area contributed by atoms with Gasteiger partial charge in [0.25, 0.3) is 0 Å². The van der Waals surface area contributed by atoms with Crippen molar-refractivity contribution >= 4 is 17.7 Å². The third kappa shape index (κ3) is 2.54. The molecular formula is C12H21N3S. The molecule has 4 heteroatoms. The molecule has 0 saturated heterocycles. The standard InChI is InChI=1S/C12H21N3S/c1-3-15-9-8-13-12(15)14-10-6-5-7-11(10)16-4-2/h8-11H,3-7H2,1-2H3,(H,13,14). The van der Waals surface area contributed by atoms with Crippen LogP contribution in [0.4, 0.5) is 5.95 Å². The van der Waals surface area contributed by atoms with Gasteiger partial charge in [0.05, 0.1) is 0 Å². The van der Waals surface area contributed by atoms with E-state index in [1.165, 1.54) is 25.0 Å². The van der Waals surface area contributed by atoms with E-state index in [1.807, 2.05) is 12.4 Å². The molecule has 0 bridgehead atoms. The molecule has 2 atom stereocenters. The van der Waals surface area contributed by atoms with Crippen molar-refractivity contribution in [1.82, 2.24) is 9.55 Å². The van der Waals surface area contributed by atoms with Crippen LogP contribution in [0.3, 0.4) is 0 Å². The molecule has 1 aromatic rings. The SMILES string of the molecule is CCSC1CCCC1Nc1nccn1CC. The van der Waals surface area contributed by atoms with E-state index in [-0.39, 0.29) is 0 Å². The quantitative estimate of drug-likeness (QED) is 0.856. The lowest BCUT2D eigenvalue weighted by Crippen LogP contribution is -2.27. The van der Waals surface area contributed by atoms with E-state index in [1.54, 1.807) is 0 Å². The number of hydrogen-bond acceptors (Lipinski definition) is 3. The van der Waals surface area contributed by atoms with Gasteiger partial charge in [-0.1, -0.05) is 13.3 Å². The lowest BCUT2D eigenvalue weighted by atomic mass is 10.2. The van der Waals surface area contributed by atoms with Crippen LogP contribution in [-0.2, 0) is 6.54 Å². The second kappa shape index (κ2) is 5.62. The van der Waals surface area contributed by atoms with E-state index in [0.717, 1.165) is 17.7 Å². The number of rotatable bonds is 5. The highest BCUT2D eigenvalue weighted by Gasteiger charge is 2.27. The largest absolute Gasteiger partial charge is 0.352 e. The normalized spacial score (nSPS) is 24.9. The van der Waals surface area contributed by atoms with Gasteiger partial charge in [0.15, 0.2) is 0 Å². The number of imidazole rings is 1. The molecule has 0 aliphatic heterocycles. The molecule has 1 heterocycles. The van der Waals surface area contributed by atoms with Crippen LogP contribution in [0, 0.1) is 0 Å². The lowest BCUT2D eigenvalue weighted by Gasteiger charge is -2.21. The summed E-state index contributed by atoms with van der Waals surface area (Å²) in [5.41, 5.74) is 0. The van der Waals surface area contributed by atoms with Gasteiger partial charge < -0.3 is 9.88 Å². The van der Waals surface area contributed by atoms with Crippen LogP contribution in [0.15, 0.2) is 12.4 Å². The Labute approximate surface area is 102 Å². The summed E-state index contributed by atoms with van der Waals surface area (Å²) >= 11 is 2.08. The topological polar surface area (TPSA) is 29.9 Å². The van der Waals surface area contributed by atoms with Crippen molar-refractivity contribution < 1.29 is 0 Å². The highest BCUT2D eigenvalue weighted by molar-refractivity contribution is 7.99. The second-order valence-electron chi connectivity index (χ2n) is 4.21. The fourth-order valence-electron chi connectivity index (χ4n) is 2.38. The van der Waals surface area contributed by atoms with Gasteiger partial charge in [0.1, 0.15) is 0 Å². The van der Waals surface area contributed by atoms with Crippen LogP contribution >= 0.6 is 11.8 Å². The van der Waals surface area contributed by atoms with Crippen LogP contribution < -0.4 is 5.32 Å². The maximum Gasteiger partial charge on any atom is 0.203 e. The molecule has 16 heavy (non-hydrogen) atoms. The minimum Gasteiger partial charge on any atom is -0.352 e. The first-order chi connectivity index (χ1) is 7.85. The Morgan fingerprint density at radius 1 is 1.50 bits per heavy atom. The second-order valence-corrected chi connectivity index (χ2v) is 5.73. The van der Waals surface area contributed by atoms with Gasteiger partial charge in [-0.25, -0.2) is 4.98 Å². The molecule has 1 N–H and O–H groups in total. The number of hydrogen-bond donors (Lipinski definition) is 1. The maximum atomic E-state index is 4.39. The summed E-state index contributed by atoms with van der Waals surface area (Å²) in [4.78, 5) is 4.39. The first-order valence-corrected chi connectivity index (χ1v) is 7.29. The zero-order valence-corrected chi connectivity index (χ0v) is 11.0. The lowest BCUT2D eigenvalue weighted by molar-refractivity contribution is 0.712. The average Bonchev–Trinajstić information content (AvgIpc) is 2.89. The molecule has 1 saturated carbocycles. The first-order valence-electron chi connectivity index (χ1n) is 6.24. The molecule has 1 aromatic heterocycles. The Hall–Kier alpha value is -0.640. The van der Waals surface area contributed by atoms with E-state index in [2.05, 4.69) is 40.5 Å². The molecule has 1 aliphatic carbocycles. The van der Waals surface area contributed by atoms with Crippen molar-refractivity contribution in [1.29, 1.82) is 0 Å². The van der Waals surface area contributed by atoms with Gasteiger partial charge in [-0.05, 0) is 25.5 Å². The molecule has 2 unspecified atom stereocenters. The summed E-state index contributed by atoms with van der Waals surface area (Å²) in [5, 5.41) is 4.38. The highest BCUT2D eigenvalue weighted by Crippen LogP contribution is 2.31. The molecule has 0 aromatic carbocycles. The number of aromatic nitrogens is 2. The Kier molecular flexibility index (Phi) is 4.16. The summed E-state index contributed by atoms with van der Waals surface area (Å²) < 4.78 is 2.17. The molecule has 1 aliphatic rings. The monoisotopic (exact) mass is 239 g/mol. The van der Waals surface area contributed by atoms with Crippen LogP contribution in [0.5, 0.6) is 0 Å². The van der Waals surface area contributed by atoms with Crippen molar-refractivity contribution in [2.24, 2.45) is 0 Å². The predicted octanol–water partition coefficient (Wildman–Crippen LogP) is 2.99. The summed E-state index contributed by atoms with van der Waals surface area (Å²) in [6.45, 7) is 5.38. The van der Waals surface area contributed by atoms with Crippen molar-refractivity contribution in [2.45, 2.75) is 50.9 Å². The minimum atomic E-state index is 0.609. The molecule has 90 valence electrons. The van der Waals surface area contributed by atoms with Gasteiger partial charge >= 0.3 is 0 Å². The van der Waals surface area contributed by atoms with Crippen LogP contribution in [0.25, 0.3) is 0 Å². The van der Waals surface area contributed by atoms with E-state index in [9.17, 15) is 0 Å². The van der Waals surface area contributed by atoms with E-state index in [4.69, 9.17) is 0 Å². The molecule has 2 rings (SSSR count). The van der Waals surface area contributed by atoms with Crippen LogP contribution in [-0.4, -0.2) is 26.6 Å². The van der Waals surface area contributed by atoms with Crippen LogP contribution in [0.1, 0.15) is 33.1 Å². The Balaban J connectivity index is 1.98. The molecular weight excluding hydrogens is 218 g/mol. The average molecular weight is 239 g/mol. The van der Waals surface area contributed by atoms with E-state index < -0.39 is 0 Å². The summed E-state index contributed by atoms with van der Waals surface area (Å²) in [7, 11) is 0. The zero-order valence-electron chi connectivity index (χ0n) is 10.1. The molecule has 3 nitrogen and oxygen atoms in total. The van der Waals surface area contributed by atoms with Gasteiger partial charge in [0.2, 0.25) is 5.95 Å². The molecule has 0 radical (unpaired) electrons. The van der Waals surface area contributed by atoms with Crippen molar-refractivity contribution in [3.8, 4) is 0 Å². The minimum absolute atomic E-state index is 0.609. The fourth-order valence-corrected chi connectivity index (χ4v) is 3.57. The third-order valence-corrected chi connectivity index (χ3v) is 4.53. The summed E-state index contributed by atoms with van der Waals surface area (Å²) in [5.74, 6) is 2.25. The maximum absolute atomic E-state index is 4.39. The number of nitrogens with one attached hydrogen (secondary N) is 1. The number of thioether (sulfide) groups is 1.